The van der Waals surface area contributed by atoms with Crippen LogP contribution in [0.3, 0.4) is 0 Å². The monoisotopic (exact) mass is 617 g/mol. The summed E-state index contributed by atoms with van der Waals surface area (Å²) < 4.78 is 55.7. The SMILES string of the molecule is O=C(O)c1cc(-c2csc(N3C4CCC3CC(OCc3c(-c5ccccc5OC(F)(F)F)noc3C3CC3)C4)n2)cs1. The highest BCUT2D eigenvalue weighted by Gasteiger charge is 2.43. The summed E-state index contributed by atoms with van der Waals surface area (Å²) in [5.41, 5.74) is 2.82. The zero-order valence-corrected chi connectivity index (χ0v) is 23.8. The first-order valence-corrected chi connectivity index (χ1v) is 15.5. The van der Waals surface area contributed by atoms with Gasteiger partial charge in [-0.25, -0.2) is 9.78 Å². The Balaban J connectivity index is 1.07. The van der Waals surface area contributed by atoms with Crippen molar-refractivity contribution >= 4 is 33.8 Å². The highest BCUT2D eigenvalue weighted by molar-refractivity contribution is 7.14. The fourth-order valence-electron chi connectivity index (χ4n) is 6.09. The first kappa shape index (κ1) is 27.4. The van der Waals surface area contributed by atoms with E-state index in [0.717, 1.165) is 54.9 Å². The molecular formula is C29H26F3N3O5S2. The van der Waals surface area contributed by atoms with E-state index in [-0.39, 0.29) is 46.9 Å². The summed E-state index contributed by atoms with van der Waals surface area (Å²) in [5, 5.41) is 18.2. The molecule has 1 aromatic carbocycles. The second kappa shape index (κ2) is 10.7. The summed E-state index contributed by atoms with van der Waals surface area (Å²) >= 11 is 2.76. The zero-order chi connectivity index (χ0) is 29.0. The van der Waals surface area contributed by atoms with E-state index in [0.29, 0.717) is 17.0 Å². The number of thiazole rings is 1. The molecule has 1 aliphatic carbocycles. The number of halogens is 3. The molecule has 3 aromatic heterocycles. The van der Waals surface area contributed by atoms with E-state index in [1.165, 1.54) is 23.5 Å². The van der Waals surface area contributed by atoms with Crippen molar-refractivity contribution in [2.24, 2.45) is 0 Å². The van der Waals surface area contributed by atoms with Gasteiger partial charge in [0, 0.05) is 45.5 Å². The normalized spacial score (nSPS) is 22.1. The molecule has 4 aromatic rings. The Hall–Kier alpha value is -3.42. The van der Waals surface area contributed by atoms with Crippen LogP contribution in [0.25, 0.3) is 22.5 Å². The second-order valence-corrected chi connectivity index (χ2v) is 12.7. The van der Waals surface area contributed by atoms with Gasteiger partial charge in [0.1, 0.15) is 22.1 Å². The molecule has 0 spiro atoms. The predicted molar refractivity (Wildman–Crippen MR) is 150 cm³/mol. The summed E-state index contributed by atoms with van der Waals surface area (Å²) in [7, 11) is 0. The van der Waals surface area contributed by atoms with Gasteiger partial charge in [-0.15, -0.1) is 35.8 Å². The van der Waals surface area contributed by atoms with Crippen LogP contribution in [0.5, 0.6) is 5.75 Å². The van der Waals surface area contributed by atoms with Crippen LogP contribution in [0.15, 0.2) is 45.6 Å². The summed E-state index contributed by atoms with van der Waals surface area (Å²) in [6.07, 6.45) is 0.703. The Kier molecular flexibility index (Phi) is 6.98. The van der Waals surface area contributed by atoms with E-state index < -0.39 is 12.3 Å². The molecular weight excluding hydrogens is 591 g/mol. The van der Waals surface area contributed by atoms with Crippen LogP contribution in [-0.2, 0) is 11.3 Å². The molecule has 1 saturated carbocycles. The molecule has 3 aliphatic rings. The van der Waals surface area contributed by atoms with Gasteiger partial charge in [-0.1, -0.05) is 17.3 Å². The number of hydrogen-bond acceptors (Lipinski definition) is 9. The lowest BCUT2D eigenvalue weighted by Gasteiger charge is -2.38. The number of rotatable bonds is 9. The van der Waals surface area contributed by atoms with Crippen molar-refractivity contribution in [1.82, 2.24) is 10.1 Å². The highest BCUT2D eigenvalue weighted by Crippen LogP contribution is 2.47. The summed E-state index contributed by atoms with van der Waals surface area (Å²) in [6.45, 7) is 0.195. The lowest BCUT2D eigenvalue weighted by Crippen LogP contribution is -2.45. The molecule has 2 aliphatic heterocycles. The molecule has 2 saturated heterocycles. The quantitative estimate of drug-likeness (QED) is 0.204. The van der Waals surface area contributed by atoms with Crippen LogP contribution < -0.4 is 9.64 Å². The molecule has 42 heavy (non-hydrogen) atoms. The number of thiophene rings is 1. The molecule has 0 radical (unpaired) electrons. The fraction of sp³-hybridized carbons (Fsp3) is 0.414. The van der Waals surface area contributed by atoms with Crippen molar-refractivity contribution < 1.29 is 37.1 Å². The number of piperidine rings is 1. The minimum atomic E-state index is -4.83. The smallest absolute Gasteiger partial charge is 0.477 e. The number of aromatic carboxylic acids is 1. The topological polar surface area (TPSA) is 97.9 Å². The van der Waals surface area contributed by atoms with Gasteiger partial charge in [-0.3, -0.25) is 0 Å². The van der Waals surface area contributed by atoms with Crippen molar-refractivity contribution in [2.45, 2.75) is 75.6 Å². The van der Waals surface area contributed by atoms with Gasteiger partial charge in [0.25, 0.3) is 0 Å². The van der Waals surface area contributed by atoms with Crippen LogP contribution >= 0.6 is 22.7 Å². The largest absolute Gasteiger partial charge is 0.573 e. The highest BCUT2D eigenvalue weighted by atomic mass is 32.1. The molecule has 13 heteroatoms. The Morgan fingerprint density at radius 1 is 1.10 bits per heavy atom. The number of benzene rings is 1. The molecule has 2 bridgehead atoms. The number of aromatic nitrogens is 2. The summed E-state index contributed by atoms with van der Waals surface area (Å²) in [6, 6.07) is 8.15. The van der Waals surface area contributed by atoms with Crippen LogP contribution in [0.2, 0.25) is 0 Å². The third kappa shape index (κ3) is 5.40. The molecule has 8 nitrogen and oxygen atoms in total. The molecule has 7 rings (SSSR count). The maximum atomic E-state index is 13.1. The van der Waals surface area contributed by atoms with Crippen LogP contribution in [0.1, 0.15) is 65.4 Å². The minimum Gasteiger partial charge on any atom is -0.477 e. The van der Waals surface area contributed by atoms with Gasteiger partial charge in [0.2, 0.25) is 0 Å². The Bertz CT molecular complexity index is 1600. The van der Waals surface area contributed by atoms with E-state index in [4.69, 9.17) is 14.2 Å². The molecule has 220 valence electrons. The van der Waals surface area contributed by atoms with E-state index in [1.807, 2.05) is 10.8 Å². The molecule has 1 N–H and O–H groups in total. The van der Waals surface area contributed by atoms with E-state index >= 15 is 0 Å². The van der Waals surface area contributed by atoms with Crippen LogP contribution in [-0.4, -0.2) is 45.8 Å². The van der Waals surface area contributed by atoms with E-state index in [1.54, 1.807) is 29.5 Å². The van der Waals surface area contributed by atoms with Gasteiger partial charge in [0.15, 0.2) is 5.13 Å². The van der Waals surface area contributed by atoms with E-state index in [2.05, 4.69) is 14.8 Å². The lowest BCUT2D eigenvalue weighted by atomic mass is 10.00. The number of carboxylic acid groups (broad SMARTS) is 1. The number of para-hydroxylation sites is 1. The van der Waals surface area contributed by atoms with Gasteiger partial charge in [-0.05, 0) is 56.7 Å². The molecule has 2 unspecified atom stereocenters. The average molecular weight is 618 g/mol. The number of carboxylic acids is 1. The van der Waals surface area contributed by atoms with E-state index in [9.17, 15) is 23.1 Å². The summed E-state index contributed by atoms with van der Waals surface area (Å²) in [5.74, 6) is -0.379. The van der Waals surface area contributed by atoms with Crippen molar-refractivity contribution in [3.05, 3.63) is 57.3 Å². The minimum absolute atomic E-state index is 0.0235. The summed E-state index contributed by atoms with van der Waals surface area (Å²) in [4.78, 5) is 18.8. The number of anilines is 1. The molecule has 0 amide bonds. The molecule has 5 heterocycles. The first-order valence-electron chi connectivity index (χ1n) is 13.7. The maximum Gasteiger partial charge on any atom is 0.573 e. The number of nitrogens with zero attached hydrogens (tertiary/aromatic N) is 3. The van der Waals surface area contributed by atoms with Crippen molar-refractivity contribution in [3.8, 4) is 28.3 Å². The fourth-order valence-corrected chi connectivity index (χ4v) is 7.81. The number of carbonyl (C=O) groups is 1. The molecule has 2 atom stereocenters. The second-order valence-electron chi connectivity index (χ2n) is 10.9. The van der Waals surface area contributed by atoms with Crippen molar-refractivity contribution in [1.29, 1.82) is 0 Å². The lowest BCUT2D eigenvalue weighted by molar-refractivity contribution is -0.274. The van der Waals surface area contributed by atoms with Gasteiger partial charge < -0.3 is 24.0 Å². The Morgan fingerprint density at radius 2 is 1.86 bits per heavy atom. The Labute approximate surface area is 246 Å². The number of hydrogen-bond donors (Lipinski definition) is 1. The number of fused-ring (bicyclic) bond motifs is 2. The van der Waals surface area contributed by atoms with Gasteiger partial charge >= 0.3 is 12.3 Å². The van der Waals surface area contributed by atoms with Crippen LogP contribution in [0, 0.1) is 0 Å². The zero-order valence-electron chi connectivity index (χ0n) is 22.2. The van der Waals surface area contributed by atoms with Crippen LogP contribution in [0.4, 0.5) is 18.3 Å². The Morgan fingerprint density at radius 3 is 2.55 bits per heavy atom. The first-order chi connectivity index (χ1) is 20.2. The van der Waals surface area contributed by atoms with Gasteiger partial charge in [-0.2, -0.15) is 0 Å². The average Bonchev–Trinajstić information content (AvgIpc) is 3.29. The predicted octanol–water partition coefficient (Wildman–Crippen LogP) is 7.72. The third-order valence-electron chi connectivity index (χ3n) is 8.11. The maximum absolute atomic E-state index is 13.1. The van der Waals surface area contributed by atoms with Crippen molar-refractivity contribution in [2.75, 3.05) is 4.90 Å². The van der Waals surface area contributed by atoms with Gasteiger partial charge in [0.05, 0.1) is 18.4 Å². The number of alkyl halides is 3. The third-order valence-corrected chi connectivity index (χ3v) is 9.88. The standard InChI is InChI=1S/C29H26F3N3O5S2/c30-29(31,32)39-23-4-2-1-3-20(23)25-21(26(40-34-25)15-5-6-15)12-38-19-10-17-7-8-18(11-19)35(17)28-33-22(14-42-28)16-9-24(27(36)37)41-13-16/h1-4,9,13-15,17-19H,5-8,10-12H2,(H,36,37). The van der Waals surface area contributed by atoms with Crippen molar-refractivity contribution in [3.63, 3.8) is 0 Å². The molecule has 3 fully saturated rings. The number of ether oxygens (including phenoxy) is 2.